The zero-order valence-electron chi connectivity index (χ0n) is 10.5. The summed E-state index contributed by atoms with van der Waals surface area (Å²) in [5.41, 5.74) is 1.15. The van der Waals surface area contributed by atoms with E-state index in [1.807, 2.05) is 0 Å². The van der Waals surface area contributed by atoms with Gasteiger partial charge < -0.3 is 10.1 Å². The summed E-state index contributed by atoms with van der Waals surface area (Å²) in [6, 6.07) is 5.48. The van der Waals surface area contributed by atoms with Crippen molar-refractivity contribution in [2.45, 2.75) is 6.92 Å². The smallest absolute Gasteiger partial charge is 0.276 e. The zero-order valence-corrected chi connectivity index (χ0v) is 10.5. The zero-order chi connectivity index (χ0) is 13.8. The van der Waals surface area contributed by atoms with Gasteiger partial charge in [-0.15, -0.1) is 0 Å². The molecule has 0 saturated heterocycles. The van der Waals surface area contributed by atoms with Gasteiger partial charge in [0.15, 0.2) is 0 Å². The lowest BCUT2D eigenvalue weighted by Crippen LogP contribution is -2.16. The first kappa shape index (κ1) is 12.9. The second kappa shape index (κ2) is 5.43. The molecule has 2 rings (SSSR count). The van der Waals surface area contributed by atoms with E-state index in [9.17, 15) is 9.18 Å². The van der Waals surface area contributed by atoms with Crippen molar-refractivity contribution in [1.29, 1.82) is 0 Å². The predicted octanol–water partition coefficient (Wildman–Crippen LogP) is 2.19. The third-order valence-electron chi connectivity index (χ3n) is 2.45. The van der Waals surface area contributed by atoms with Crippen molar-refractivity contribution in [3.05, 3.63) is 47.7 Å². The molecule has 0 unspecified atom stereocenters. The minimum atomic E-state index is -0.403. The molecule has 5 nitrogen and oxygen atoms in total. The Labute approximate surface area is 109 Å². The molecule has 1 heterocycles. The molecular weight excluding hydrogens is 249 g/mol. The number of aromatic nitrogens is 2. The monoisotopic (exact) mass is 261 g/mol. The van der Waals surface area contributed by atoms with E-state index in [0.29, 0.717) is 17.3 Å². The van der Waals surface area contributed by atoms with Crippen LogP contribution in [0.25, 0.3) is 0 Å². The van der Waals surface area contributed by atoms with E-state index < -0.39 is 5.91 Å². The van der Waals surface area contributed by atoms with Crippen molar-refractivity contribution >= 4 is 11.6 Å². The Hall–Kier alpha value is -2.50. The number of benzene rings is 1. The molecule has 0 saturated carbocycles. The average Bonchev–Trinajstić information content (AvgIpc) is 2.41. The minimum absolute atomic E-state index is 0.199. The average molecular weight is 261 g/mol. The van der Waals surface area contributed by atoms with Crippen LogP contribution in [-0.4, -0.2) is 23.0 Å². The number of halogens is 1. The number of anilines is 1. The third kappa shape index (κ3) is 3.04. The molecule has 1 aromatic carbocycles. The van der Waals surface area contributed by atoms with Crippen LogP contribution in [0.1, 0.15) is 16.2 Å². The van der Waals surface area contributed by atoms with Gasteiger partial charge in [0.2, 0.25) is 5.88 Å². The van der Waals surface area contributed by atoms with Crippen LogP contribution >= 0.6 is 0 Å². The van der Waals surface area contributed by atoms with Crippen molar-refractivity contribution in [3.63, 3.8) is 0 Å². The summed E-state index contributed by atoms with van der Waals surface area (Å²) in [6.45, 7) is 1.66. The molecule has 0 atom stereocenters. The lowest BCUT2D eigenvalue weighted by molar-refractivity contribution is 0.102. The van der Waals surface area contributed by atoms with Crippen LogP contribution in [0.2, 0.25) is 0 Å². The summed E-state index contributed by atoms with van der Waals surface area (Å²) in [5, 5.41) is 2.61. The van der Waals surface area contributed by atoms with E-state index in [2.05, 4.69) is 15.3 Å². The van der Waals surface area contributed by atoms with Gasteiger partial charge in [-0.05, 0) is 31.2 Å². The van der Waals surface area contributed by atoms with Crippen LogP contribution in [0, 0.1) is 12.7 Å². The minimum Gasteiger partial charge on any atom is -0.480 e. The van der Waals surface area contributed by atoms with E-state index in [0.717, 1.165) is 0 Å². The molecule has 1 aromatic heterocycles. The molecule has 2 aromatic rings. The van der Waals surface area contributed by atoms with Crippen LogP contribution < -0.4 is 10.1 Å². The van der Waals surface area contributed by atoms with Crippen molar-refractivity contribution in [1.82, 2.24) is 9.97 Å². The number of ether oxygens (including phenoxy) is 1. The summed E-state index contributed by atoms with van der Waals surface area (Å²) in [6.07, 6.45) is 1.37. The number of aryl methyl sites for hydroxylation is 1. The first-order valence-electron chi connectivity index (χ1n) is 5.54. The highest BCUT2D eigenvalue weighted by Gasteiger charge is 2.13. The standard InChI is InChI=1S/C13H12FN3O2/c1-8-12(15-7-11(16-8)19-2)13(18)17-10-5-3-9(14)4-6-10/h3-7H,1-2H3,(H,17,18). The molecule has 0 radical (unpaired) electrons. The summed E-state index contributed by atoms with van der Waals surface area (Å²) < 4.78 is 17.7. The fourth-order valence-corrected chi connectivity index (χ4v) is 1.51. The molecule has 0 aliphatic rings. The Kier molecular flexibility index (Phi) is 3.70. The second-order valence-electron chi connectivity index (χ2n) is 3.81. The van der Waals surface area contributed by atoms with Crippen LogP contribution in [0.3, 0.4) is 0 Å². The molecule has 0 aliphatic carbocycles. The number of methoxy groups -OCH3 is 1. The highest BCUT2D eigenvalue weighted by atomic mass is 19.1. The number of rotatable bonds is 3. The predicted molar refractivity (Wildman–Crippen MR) is 67.7 cm³/mol. The van der Waals surface area contributed by atoms with Gasteiger partial charge in [-0.25, -0.2) is 14.4 Å². The topological polar surface area (TPSA) is 64.1 Å². The highest BCUT2D eigenvalue weighted by molar-refractivity contribution is 6.03. The van der Waals surface area contributed by atoms with Crippen LogP contribution in [-0.2, 0) is 0 Å². The molecule has 0 bridgehead atoms. The Balaban J connectivity index is 2.18. The molecule has 1 amide bonds. The molecule has 19 heavy (non-hydrogen) atoms. The van der Waals surface area contributed by atoms with Gasteiger partial charge in [-0.1, -0.05) is 0 Å². The maximum absolute atomic E-state index is 12.7. The van der Waals surface area contributed by atoms with Gasteiger partial charge in [0, 0.05) is 5.69 Å². The van der Waals surface area contributed by atoms with Gasteiger partial charge in [0.05, 0.1) is 19.0 Å². The highest BCUT2D eigenvalue weighted by Crippen LogP contribution is 2.12. The molecule has 98 valence electrons. The van der Waals surface area contributed by atoms with Crippen LogP contribution in [0.5, 0.6) is 5.88 Å². The molecular formula is C13H12FN3O2. The molecule has 1 N–H and O–H groups in total. The molecule has 0 spiro atoms. The molecule has 0 fully saturated rings. The fraction of sp³-hybridized carbons (Fsp3) is 0.154. The normalized spacial score (nSPS) is 10.1. The van der Waals surface area contributed by atoms with Crippen molar-refractivity contribution in [3.8, 4) is 5.88 Å². The van der Waals surface area contributed by atoms with Crippen molar-refractivity contribution in [2.75, 3.05) is 12.4 Å². The van der Waals surface area contributed by atoms with E-state index in [-0.39, 0.29) is 11.5 Å². The molecule has 6 heteroatoms. The van der Waals surface area contributed by atoms with E-state index >= 15 is 0 Å². The first-order valence-corrected chi connectivity index (χ1v) is 5.54. The maximum Gasteiger partial charge on any atom is 0.276 e. The SMILES string of the molecule is COc1cnc(C(=O)Nc2ccc(F)cc2)c(C)n1. The number of amides is 1. The number of nitrogens with zero attached hydrogens (tertiary/aromatic N) is 2. The lowest BCUT2D eigenvalue weighted by Gasteiger charge is -2.07. The lowest BCUT2D eigenvalue weighted by atomic mass is 10.2. The second-order valence-corrected chi connectivity index (χ2v) is 3.81. The Morgan fingerprint density at radius 3 is 2.58 bits per heavy atom. The fourth-order valence-electron chi connectivity index (χ4n) is 1.51. The number of hydrogen-bond donors (Lipinski definition) is 1. The van der Waals surface area contributed by atoms with Crippen LogP contribution in [0.15, 0.2) is 30.5 Å². The van der Waals surface area contributed by atoms with Crippen LogP contribution in [0.4, 0.5) is 10.1 Å². The number of carbonyl (C=O) groups is 1. The number of nitrogens with one attached hydrogen (secondary N) is 1. The van der Waals surface area contributed by atoms with E-state index in [1.54, 1.807) is 6.92 Å². The largest absolute Gasteiger partial charge is 0.480 e. The van der Waals surface area contributed by atoms with Crippen molar-refractivity contribution in [2.24, 2.45) is 0 Å². The van der Waals surface area contributed by atoms with Gasteiger partial charge >= 0.3 is 0 Å². The first-order chi connectivity index (χ1) is 9.10. The maximum atomic E-state index is 12.7. The van der Waals surface area contributed by atoms with Gasteiger partial charge in [-0.2, -0.15) is 0 Å². The summed E-state index contributed by atoms with van der Waals surface area (Å²) in [7, 11) is 1.47. The number of hydrogen-bond acceptors (Lipinski definition) is 4. The van der Waals surface area contributed by atoms with E-state index in [1.165, 1.54) is 37.6 Å². The quantitative estimate of drug-likeness (QED) is 0.919. The van der Waals surface area contributed by atoms with Crippen molar-refractivity contribution < 1.29 is 13.9 Å². The Morgan fingerprint density at radius 1 is 1.32 bits per heavy atom. The van der Waals surface area contributed by atoms with E-state index in [4.69, 9.17) is 4.74 Å². The van der Waals surface area contributed by atoms with Gasteiger partial charge in [0.25, 0.3) is 5.91 Å². The number of carbonyl (C=O) groups excluding carboxylic acids is 1. The Bertz CT molecular complexity index is 599. The van der Waals surface area contributed by atoms with Gasteiger partial charge in [-0.3, -0.25) is 4.79 Å². The summed E-state index contributed by atoms with van der Waals surface area (Å²) in [4.78, 5) is 20.0. The third-order valence-corrected chi connectivity index (χ3v) is 2.45. The summed E-state index contributed by atoms with van der Waals surface area (Å²) in [5.74, 6) is -0.423. The molecule has 0 aliphatic heterocycles. The Morgan fingerprint density at radius 2 is 2.00 bits per heavy atom. The summed E-state index contributed by atoms with van der Waals surface area (Å²) >= 11 is 0. The van der Waals surface area contributed by atoms with Gasteiger partial charge in [0.1, 0.15) is 11.5 Å².